The largest absolute Gasteiger partial charge is 0.496 e. The minimum absolute atomic E-state index is 0.132. The number of hydrogen-bond donors (Lipinski definition) is 0. The fraction of sp³-hybridized carbons (Fsp3) is 0.156. The van der Waals surface area contributed by atoms with Crippen molar-refractivity contribution in [2.45, 2.75) is 19.9 Å². The van der Waals surface area contributed by atoms with E-state index in [1.807, 2.05) is 36.4 Å². The molecule has 1 aliphatic heterocycles. The zero-order valence-electron chi connectivity index (χ0n) is 23.7. The third-order valence-electron chi connectivity index (χ3n) is 7.27. The Hall–Kier alpha value is -5.00. The van der Waals surface area contributed by atoms with Crippen LogP contribution < -0.4 is 19.6 Å². The van der Waals surface area contributed by atoms with Crippen molar-refractivity contribution in [1.29, 1.82) is 0 Å². The number of carbonyl (C=O) groups is 1. The van der Waals surface area contributed by atoms with Gasteiger partial charge in [0, 0.05) is 29.3 Å². The molecule has 5 aromatic rings. The normalized spacial score (nSPS) is 14.8. The number of hydrogen-bond acceptors (Lipinski definition) is 9. The first-order valence-electron chi connectivity index (χ1n) is 13.5. The van der Waals surface area contributed by atoms with Crippen LogP contribution in [0.1, 0.15) is 31.2 Å². The van der Waals surface area contributed by atoms with Crippen molar-refractivity contribution in [3.8, 4) is 17.1 Å². The van der Waals surface area contributed by atoms with Crippen LogP contribution in [0.25, 0.3) is 28.2 Å². The van der Waals surface area contributed by atoms with Gasteiger partial charge in [-0.1, -0.05) is 53.3 Å². The minimum Gasteiger partial charge on any atom is -0.496 e. The quantitative estimate of drug-likeness (QED) is 0.127. The number of methoxy groups -OCH3 is 1. The van der Waals surface area contributed by atoms with Crippen molar-refractivity contribution in [3.05, 3.63) is 124 Å². The molecule has 0 radical (unpaired) electrons. The number of carbonyl (C=O) groups excluding carboxylic acids is 1. The number of furan rings is 1. The third-order valence-corrected chi connectivity index (χ3v) is 8.58. The van der Waals surface area contributed by atoms with Crippen molar-refractivity contribution in [1.82, 2.24) is 4.57 Å². The van der Waals surface area contributed by atoms with Gasteiger partial charge in [-0.15, -0.1) is 0 Å². The lowest BCUT2D eigenvalue weighted by atomic mass is 9.90. The van der Waals surface area contributed by atoms with Gasteiger partial charge in [-0.3, -0.25) is 19.5 Å². The van der Waals surface area contributed by atoms with Gasteiger partial charge in [0.2, 0.25) is 0 Å². The topological polar surface area (TPSA) is 126 Å². The molecule has 0 saturated carbocycles. The molecule has 0 saturated heterocycles. The summed E-state index contributed by atoms with van der Waals surface area (Å²) in [4.78, 5) is 43.4. The molecule has 10 nitrogen and oxygen atoms in total. The van der Waals surface area contributed by atoms with Gasteiger partial charge < -0.3 is 13.9 Å². The highest BCUT2D eigenvalue weighted by Gasteiger charge is 2.36. The third kappa shape index (κ3) is 4.99. The lowest BCUT2D eigenvalue weighted by molar-refractivity contribution is -0.384. The van der Waals surface area contributed by atoms with E-state index in [4.69, 9.17) is 25.5 Å². The molecule has 12 heteroatoms. The van der Waals surface area contributed by atoms with Gasteiger partial charge >= 0.3 is 5.97 Å². The van der Waals surface area contributed by atoms with Crippen LogP contribution in [0.4, 0.5) is 5.69 Å². The first-order chi connectivity index (χ1) is 21.2. The van der Waals surface area contributed by atoms with Crippen LogP contribution >= 0.6 is 22.9 Å². The molecule has 1 aliphatic rings. The number of allylic oxidation sites excluding steroid dienone is 1. The zero-order chi connectivity index (χ0) is 31.1. The van der Waals surface area contributed by atoms with Gasteiger partial charge in [0.15, 0.2) is 4.80 Å². The van der Waals surface area contributed by atoms with Gasteiger partial charge in [0.25, 0.3) is 11.2 Å². The molecule has 0 bridgehead atoms. The van der Waals surface area contributed by atoms with Crippen LogP contribution in [0.5, 0.6) is 5.75 Å². The molecular formula is C32H24ClN3O7S. The molecule has 0 aliphatic carbocycles. The summed E-state index contributed by atoms with van der Waals surface area (Å²) in [5.74, 6) is 0.557. The molecule has 3 aromatic carbocycles. The van der Waals surface area contributed by atoms with Crippen molar-refractivity contribution >= 4 is 51.4 Å². The number of aromatic nitrogens is 1. The molecule has 1 atom stereocenters. The van der Waals surface area contributed by atoms with Gasteiger partial charge in [-0.2, -0.15) is 0 Å². The van der Waals surface area contributed by atoms with Crippen LogP contribution in [-0.4, -0.2) is 29.2 Å². The highest BCUT2D eigenvalue weighted by molar-refractivity contribution is 7.07. The summed E-state index contributed by atoms with van der Waals surface area (Å²) >= 11 is 7.45. The predicted octanol–water partition coefficient (Wildman–Crippen LogP) is 5.78. The van der Waals surface area contributed by atoms with Crippen LogP contribution in [0.15, 0.2) is 92.2 Å². The predicted molar refractivity (Wildman–Crippen MR) is 167 cm³/mol. The Bertz CT molecular complexity index is 2200. The van der Waals surface area contributed by atoms with E-state index in [9.17, 15) is 19.7 Å². The van der Waals surface area contributed by atoms with E-state index in [-0.39, 0.29) is 22.9 Å². The van der Waals surface area contributed by atoms with Crippen LogP contribution in [0.3, 0.4) is 0 Å². The number of fused-ring (bicyclic) bond motifs is 2. The van der Waals surface area contributed by atoms with E-state index >= 15 is 0 Å². The molecule has 0 fully saturated rings. The molecule has 0 spiro atoms. The molecule has 1 unspecified atom stereocenters. The maximum atomic E-state index is 14.1. The van der Waals surface area contributed by atoms with Crippen molar-refractivity contribution in [2.24, 2.45) is 4.99 Å². The van der Waals surface area contributed by atoms with E-state index in [1.54, 1.807) is 39.2 Å². The van der Waals surface area contributed by atoms with Gasteiger partial charge in [0.05, 0.1) is 39.5 Å². The number of nitrogens with zero attached hydrogens (tertiary/aromatic N) is 3. The number of nitro groups is 1. The Kier molecular flexibility index (Phi) is 7.66. The molecule has 0 amide bonds. The molecule has 2 aromatic heterocycles. The van der Waals surface area contributed by atoms with E-state index in [2.05, 4.69) is 4.99 Å². The first kappa shape index (κ1) is 29.1. The van der Waals surface area contributed by atoms with Crippen molar-refractivity contribution in [2.75, 3.05) is 13.7 Å². The van der Waals surface area contributed by atoms with Crippen LogP contribution in [-0.2, 0) is 9.53 Å². The Morgan fingerprint density at radius 2 is 1.98 bits per heavy atom. The zero-order valence-corrected chi connectivity index (χ0v) is 25.3. The summed E-state index contributed by atoms with van der Waals surface area (Å²) in [5.41, 5.74) is 1.12. The summed E-state index contributed by atoms with van der Waals surface area (Å²) in [6, 6.07) is 17.9. The fourth-order valence-electron chi connectivity index (χ4n) is 5.32. The number of non-ortho nitro benzene ring substituents is 1. The van der Waals surface area contributed by atoms with Crippen LogP contribution in [0.2, 0.25) is 5.02 Å². The summed E-state index contributed by atoms with van der Waals surface area (Å²) in [6.07, 6.45) is 1.57. The van der Waals surface area contributed by atoms with E-state index in [0.717, 1.165) is 22.1 Å². The van der Waals surface area contributed by atoms with Crippen molar-refractivity contribution < 1.29 is 23.6 Å². The monoisotopic (exact) mass is 629 g/mol. The number of esters is 1. The molecule has 222 valence electrons. The minimum atomic E-state index is -0.885. The lowest BCUT2D eigenvalue weighted by Crippen LogP contribution is -2.40. The number of benzene rings is 3. The molecule has 3 heterocycles. The Morgan fingerprint density at radius 3 is 2.73 bits per heavy atom. The first-order valence-corrected chi connectivity index (χ1v) is 14.7. The number of halogens is 1. The molecule has 6 rings (SSSR count). The molecular weight excluding hydrogens is 606 g/mol. The second-order valence-electron chi connectivity index (χ2n) is 9.83. The van der Waals surface area contributed by atoms with Gasteiger partial charge in [0.1, 0.15) is 23.3 Å². The highest BCUT2D eigenvalue weighted by Crippen LogP contribution is 2.40. The van der Waals surface area contributed by atoms with E-state index < -0.39 is 22.5 Å². The number of nitro benzene ring substituents is 1. The lowest BCUT2D eigenvalue weighted by Gasteiger charge is -2.27. The van der Waals surface area contributed by atoms with E-state index in [0.29, 0.717) is 43.4 Å². The Morgan fingerprint density at radius 1 is 1.18 bits per heavy atom. The van der Waals surface area contributed by atoms with Crippen LogP contribution in [0, 0.1) is 10.1 Å². The number of ether oxygens (including phenoxy) is 2. The SMILES string of the molecule is CCOC(=O)C1=C(C)N=c2sc(=Cc3ccc(-c4cc([N+](=O)[O-])ccc4Cl)o3)c(=O)n2C1c1c(OC)ccc2ccccc12. The number of thiazole rings is 1. The summed E-state index contributed by atoms with van der Waals surface area (Å²) in [7, 11) is 1.54. The fourth-order valence-corrected chi connectivity index (χ4v) is 6.56. The summed E-state index contributed by atoms with van der Waals surface area (Å²) < 4.78 is 19.0. The highest BCUT2D eigenvalue weighted by atomic mass is 35.5. The van der Waals surface area contributed by atoms with Crippen molar-refractivity contribution in [3.63, 3.8) is 0 Å². The second-order valence-corrected chi connectivity index (χ2v) is 11.2. The smallest absolute Gasteiger partial charge is 0.338 e. The maximum Gasteiger partial charge on any atom is 0.338 e. The van der Waals surface area contributed by atoms with Gasteiger partial charge in [-0.25, -0.2) is 9.79 Å². The maximum absolute atomic E-state index is 14.1. The average Bonchev–Trinajstić information content (AvgIpc) is 3.59. The van der Waals surface area contributed by atoms with Gasteiger partial charge in [-0.05, 0) is 48.9 Å². The standard InChI is InChI=1S/C32H24ClN3O7S/c1-4-42-31(38)27-17(2)34-32-35(29(27)28-21-8-6-5-7-18(21)9-13-25(28)41-3)30(37)26(44-32)16-20-11-14-24(43-20)22-15-19(36(39)40)10-12-23(22)33/h5-16,29H,4H2,1-3H3. The second kappa shape index (κ2) is 11.6. The molecule has 44 heavy (non-hydrogen) atoms. The number of rotatable bonds is 7. The molecule has 0 N–H and O–H groups in total. The Balaban J connectivity index is 1.55. The Labute approximate surface area is 258 Å². The summed E-state index contributed by atoms with van der Waals surface area (Å²) in [5, 5.41) is 13.3. The average molecular weight is 630 g/mol. The van der Waals surface area contributed by atoms with E-state index in [1.165, 1.54) is 22.8 Å². The summed E-state index contributed by atoms with van der Waals surface area (Å²) in [6.45, 7) is 3.58.